The van der Waals surface area contributed by atoms with Gasteiger partial charge in [-0.1, -0.05) is 11.8 Å². The molecule has 0 bridgehead atoms. The van der Waals surface area contributed by atoms with Gasteiger partial charge in [0.15, 0.2) is 0 Å². The molecule has 2 rings (SSSR count). The number of thiophene rings is 1. The number of nitrogens with one attached hydrogen (secondary N) is 1. The van der Waals surface area contributed by atoms with Crippen LogP contribution in [0.3, 0.4) is 0 Å². The van der Waals surface area contributed by atoms with E-state index < -0.39 is 0 Å². The maximum Gasteiger partial charge on any atom is 0.235 e. The van der Waals surface area contributed by atoms with Crippen LogP contribution in [0.15, 0.2) is 16.5 Å². The number of rotatable bonds is 4. The number of carbonyl (C=O) groups is 1. The second-order valence-electron chi connectivity index (χ2n) is 4.26. The third kappa shape index (κ3) is 3.61. The number of aromatic nitrogens is 2. The Morgan fingerprint density at radius 1 is 1.36 bits per heavy atom. The fraction of sp³-hybridized carbons (Fsp3) is 0.214. The highest BCUT2D eigenvalue weighted by molar-refractivity contribution is 8.00. The summed E-state index contributed by atoms with van der Waals surface area (Å²) < 4.78 is 0. The standard InChI is InChI=1S/C14H11N5OS2/c1-8-11(6-16)14(18-9(2)17-8)22-7-12(20)19-13-10(5-15)3-4-21-13/h3-4H,7H2,1-2H3,(H,19,20). The van der Waals surface area contributed by atoms with Crippen molar-refractivity contribution in [3.8, 4) is 12.1 Å². The molecule has 0 atom stereocenters. The Labute approximate surface area is 135 Å². The van der Waals surface area contributed by atoms with Crippen LogP contribution in [-0.2, 0) is 4.79 Å². The molecular formula is C14H11N5OS2. The van der Waals surface area contributed by atoms with Crippen molar-refractivity contribution in [3.63, 3.8) is 0 Å². The van der Waals surface area contributed by atoms with E-state index in [2.05, 4.69) is 21.4 Å². The Morgan fingerprint density at radius 2 is 2.14 bits per heavy atom. The molecule has 8 heteroatoms. The first kappa shape index (κ1) is 16.0. The van der Waals surface area contributed by atoms with E-state index in [9.17, 15) is 4.79 Å². The van der Waals surface area contributed by atoms with E-state index in [1.54, 1.807) is 25.3 Å². The van der Waals surface area contributed by atoms with Crippen molar-refractivity contribution in [3.05, 3.63) is 34.1 Å². The first-order chi connectivity index (χ1) is 10.5. The zero-order valence-corrected chi connectivity index (χ0v) is 13.5. The van der Waals surface area contributed by atoms with Crippen LogP contribution >= 0.6 is 23.1 Å². The second-order valence-corrected chi connectivity index (χ2v) is 6.14. The molecule has 22 heavy (non-hydrogen) atoms. The van der Waals surface area contributed by atoms with Gasteiger partial charge in [0.25, 0.3) is 0 Å². The summed E-state index contributed by atoms with van der Waals surface area (Å²) in [5.74, 6) is 0.416. The SMILES string of the molecule is Cc1nc(C)c(C#N)c(SCC(=O)Nc2sccc2C#N)n1. The van der Waals surface area contributed by atoms with E-state index in [1.807, 2.05) is 6.07 Å². The lowest BCUT2D eigenvalue weighted by atomic mass is 10.3. The average Bonchev–Trinajstić information content (AvgIpc) is 2.91. The van der Waals surface area contributed by atoms with E-state index in [1.165, 1.54) is 23.1 Å². The van der Waals surface area contributed by atoms with E-state index in [0.29, 0.717) is 32.7 Å². The molecule has 6 nitrogen and oxygen atoms in total. The van der Waals surface area contributed by atoms with Crippen LogP contribution in [0, 0.1) is 36.5 Å². The minimum absolute atomic E-state index is 0.105. The number of hydrogen-bond donors (Lipinski definition) is 1. The summed E-state index contributed by atoms with van der Waals surface area (Å²) in [5, 5.41) is 23.5. The summed E-state index contributed by atoms with van der Waals surface area (Å²) in [6, 6.07) is 5.72. The highest BCUT2D eigenvalue weighted by Crippen LogP contribution is 2.24. The number of hydrogen-bond acceptors (Lipinski definition) is 7. The van der Waals surface area contributed by atoms with Gasteiger partial charge in [-0.2, -0.15) is 10.5 Å². The summed E-state index contributed by atoms with van der Waals surface area (Å²) in [6.45, 7) is 3.48. The molecule has 2 aromatic rings. The van der Waals surface area contributed by atoms with Crippen molar-refractivity contribution >= 4 is 34.0 Å². The molecule has 0 radical (unpaired) electrons. The molecule has 0 spiro atoms. The summed E-state index contributed by atoms with van der Waals surface area (Å²) in [7, 11) is 0. The fourth-order valence-corrected chi connectivity index (χ4v) is 3.33. The zero-order valence-electron chi connectivity index (χ0n) is 11.9. The maximum atomic E-state index is 12.0. The van der Waals surface area contributed by atoms with Gasteiger partial charge >= 0.3 is 0 Å². The van der Waals surface area contributed by atoms with E-state index in [4.69, 9.17) is 10.5 Å². The average molecular weight is 329 g/mol. The fourth-order valence-electron chi connectivity index (χ4n) is 1.71. The molecule has 110 valence electrons. The van der Waals surface area contributed by atoms with Gasteiger partial charge in [0.2, 0.25) is 5.91 Å². The molecule has 0 unspecified atom stereocenters. The van der Waals surface area contributed by atoms with Crippen molar-refractivity contribution in [1.29, 1.82) is 10.5 Å². The molecule has 0 aromatic carbocycles. The zero-order chi connectivity index (χ0) is 16.1. The van der Waals surface area contributed by atoms with Crippen LogP contribution in [0.2, 0.25) is 0 Å². The number of nitriles is 2. The van der Waals surface area contributed by atoms with Gasteiger partial charge in [-0.25, -0.2) is 9.97 Å². The number of aryl methyl sites for hydroxylation is 2. The van der Waals surface area contributed by atoms with E-state index >= 15 is 0 Å². The number of anilines is 1. The van der Waals surface area contributed by atoms with E-state index in [-0.39, 0.29) is 11.7 Å². The van der Waals surface area contributed by atoms with Gasteiger partial charge in [0.1, 0.15) is 33.6 Å². The predicted octanol–water partition coefficient (Wildman–Crippen LogP) is 2.63. The molecule has 2 heterocycles. The summed E-state index contributed by atoms with van der Waals surface area (Å²) in [5.41, 5.74) is 1.43. The highest BCUT2D eigenvalue weighted by Gasteiger charge is 2.13. The van der Waals surface area contributed by atoms with Crippen molar-refractivity contribution in [1.82, 2.24) is 9.97 Å². The Kier molecular flexibility index (Phi) is 5.10. The van der Waals surface area contributed by atoms with Gasteiger partial charge in [0, 0.05) is 0 Å². The first-order valence-electron chi connectivity index (χ1n) is 6.20. The van der Waals surface area contributed by atoms with Gasteiger partial charge in [0.05, 0.1) is 17.0 Å². The van der Waals surface area contributed by atoms with Crippen LogP contribution in [-0.4, -0.2) is 21.6 Å². The van der Waals surface area contributed by atoms with Crippen LogP contribution in [0.5, 0.6) is 0 Å². The lowest BCUT2D eigenvalue weighted by Crippen LogP contribution is -2.14. The summed E-state index contributed by atoms with van der Waals surface area (Å²) in [4.78, 5) is 20.3. The van der Waals surface area contributed by atoms with Crippen LogP contribution in [0.1, 0.15) is 22.6 Å². The minimum atomic E-state index is -0.248. The molecule has 0 saturated heterocycles. The summed E-state index contributed by atoms with van der Waals surface area (Å²) in [6.07, 6.45) is 0. The molecule has 0 aliphatic carbocycles. The van der Waals surface area contributed by atoms with E-state index in [0.717, 1.165) is 0 Å². The topological polar surface area (TPSA) is 102 Å². The lowest BCUT2D eigenvalue weighted by molar-refractivity contribution is -0.113. The van der Waals surface area contributed by atoms with Gasteiger partial charge < -0.3 is 5.32 Å². The monoisotopic (exact) mass is 329 g/mol. The first-order valence-corrected chi connectivity index (χ1v) is 8.07. The summed E-state index contributed by atoms with van der Waals surface area (Å²) >= 11 is 2.47. The van der Waals surface area contributed by atoms with Gasteiger partial charge in [-0.3, -0.25) is 4.79 Å². The second kappa shape index (κ2) is 7.03. The number of carbonyl (C=O) groups excluding carboxylic acids is 1. The normalized spacial score (nSPS) is 9.82. The predicted molar refractivity (Wildman–Crippen MR) is 84.6 cm³/mol. The molecular weight excluding hydrogens is 318 g/mol. The largest absolute Gasteiger partial charge is 0.316 e. The number of thioether (sulfide) groups is 1. The Morgan fingerprint density at radius 3 is 2.82 bits per heavy atom. The molecule has 1 amide bonds. The molecule has 0 saturated carbocycles. The van der Waals surface area contributed by atoms with Crippen molar-refractivity contribution in [2.24, 2.45) is 0 Å². The molecule has 2 aromatic heterocycles. The lowest BCUT2D eigenvalue weighted by Gasteiger charge is -2.06. The van der Waals surface area contributed by atoms with Crippen LogP contribution < -0.4 is 5.32 Å². The third-order valence-corrected chi connectivity index (χ3v) is 4.46. The quantitative estimate of drug-likeness (QED) is 0.683. The Bertz CT molecular complexity index is 801. The molecule has 1 N–H and O–H groups in total. The van der Waals surface area contributed by atoms with Crippen molar-refractivity contribution in [2.45, 2.75) is 18.9 Å². The molecule has 0 fully saturated rings. The Balaban J connectivity index is 2.06. The number of nitrogens with zero attached hydrogens (tertiary/aromatic N) is 4. The van der Waals surface area contributed by atoms with Crippen LogP contribution in [0.25, 0.3) is 0 Å². The van der Waals surface area contributed by atoms with Gasteiger partial charge in [-0.15, -0.1) is 11.3 Å². The maximum absolute atomic E-state index is 12.0. The highest BCUT2D eigenvalue weighted by atomic mass is 32.2. The molecule has 0 aliphatic rings. The molecule has 0 aliphatic heterocycles. The van der Waals surface area contributed by atoms with Crippen molar-refractivity contribution in [2.75, 3.05) is 11.1 Å². The Hall–Kier alpha value is -2.42. The smallest absolute Gasteiger partial charge is 0.235 e. The third-order valence-electron chi connectivity index (χ3n) is 2.66. The number of amides is 1. The minimum Gasteiger partial charge on any atom is -0.316 e. The van der Waals surface area contributed by atoms with Gasteiger partial charge in [-0.05, 0) is 25.3 Å². The van der Waals surface area contributed by atoms with Crippen molar-refractivity contribution < 1.29 is 4.79 Å². The van der Waals surface area contributed by atoms with Crippen LogP contribution in [0.4, 0.5) is 5.00 Å².